The maximum atomic E-state index is 12.2. The maximum absolute atomic E-state index is 12.2. The molecule has 0 saturated carbocycles. The van der Waals surface area contributed by atoms with Gasteiger partial charge in [0.2, 0.25) is 0 Å². The maximum Gasteiger partial charge on any atom is 0.490 e. The van der Waals surface area contributed by atoms with Gasteiger partial charge in [-0.15, -0.1) is 0 Å². The zero-order valence-electron chi connectivity index (χ0n) is 58.9. The van der Waals surface area contributed by atoms with E-state index in [0.717, 1.165) is 98.8 Å². The number of ether oxygens (including phenoxy) is 2. The standard InChI is InChI=1S/C21H41N5O23P6.C12H21N2O12P3.C11H26N3O10P3/c1-16-14-26(21(29)24-20(16)28)19-13-17(27)18(44-19)15-43-51(32,33)46-53(36,37)48-55(40,41)49-54(38,39)47-52(34,35)45-50(30,31)42-12-10-8-6-4-2-3-5-7-9-11-23-25-22;1-7-5-14(12(17)13-11(7)16)10-4-8(15)9(24-10)6-23-29(21,22)26-28(3,20)25-27(2,18)19;12-14-13-10-8-6-4-2-1-3-5-7-9-11-22-26(18,19)24-27(20,21)23-25(15,16)17/h14,17-19,27H,2-13,15H2,1H3,(H,30,31)(H,32,33)(H,34,35)(H,36,37)(H,38,39)(H,40,41)(H,24,28,29);5,8-10,15H,4,6H2,1-3H3,(H,18,19)(H,21,22)(H,13,16,17);1-11H2,(H,18,19)(H,20,21)(H2,15,16,17)/t17-,18-,19-;8-,9-,10-,28?;/m11./s1. The molecule has 4 rings (SSSR count). The van der Waals surface area contributed by atoms with E-state index in [1.165, 1.54) is 20.0 Å². The van der Waals surface area contributed by atoms with Crippen molar-refractivity contribution in [1.29, 1.82) is 0 Å². The number of nitrogens with one attached hydrogen (secondary N) is 2. The van der Waals surface area contributed by atoms with Gasteiger partial charge < -0.3 is 78.4 Å². The molecule has 2 aliphatic rings. The van der Waals surface area contributed by atoms with Crippen LogP contribution in [-0.2, 0) is 121 Å². The van der Waals surface area contributed by atoms with Crippen LogP contribution in [0.15, 0.2) is 41.8 Å². The predicted octanol–water partition coefficient (Wildman–Crippen LogP) is 8.47. The van der Waals surface area contributed by atoms with Crippen LogP contribution >= 0.6 is 93.4 Å². The molecule has 0 amide bonds. The van der Waals surface area contributed by atoms with Gasteiger partial charge in [0.1, 0.15) is 24.7 Å². The van der Waals surface area contributed by atoms with Crippen molar-refractivity contribution in [2.45, 2.75) is 179 Å². The molecule has 11 unspecified atom stereocenters. The van der Waals surface area contributed by atoms with E-state index >= 15 is 0 Å². The van der Waals surface area contributed by atoms with Gasteiger partial charge >= 0.3 is 105 Å². The van der Waals surface area contributed by atoms with Gasteiger partial charge in [0, 0.05) is 72.6 Å². The lowest BCUT2D eigenvalue weighted by atomic mass is 10.1. The second-order valence-electron chi connectivity index (χ2n) is 23.4. The van der Waals surface area contributed by atoms with Crippen molar-refractivity contribution < 1.29 is 190 Å². The number of rotatable bonds is 52. The number of aromatic nitrogens is 4. The third-order valence-electron chi connectivity index (χ3n) is 13.6. The molecule has 0 aliphatic carbocycles. The molecule has 0 bridgehead atoms. The summed E-state index contributed by atoms with van der Waals surface area (Å²) in [5.74, 6) is 0. The van der Waals surface area contributed by atoms with Gasteiger partial charge in [-0.3, -0.25) is 55.9 Å². The number of nitrogens with zero attached hydrogens (tertiary/aromatic N) is 8. The Bertz CT molecular complexity index is 4310. The molecule has 644 valence electrons. The van der Waals surface area contributed by atoms with Gasteiger partial charge in [0.05, 0.1) is 38.6 Å². The van der Waals surface area contributed by atoms with E-state index in [2.05, 4.69) is 81.9 Å². The number of unbranched alkanes of at least 4 members (excludes halogenated alkanes) is 16. The van der Waals surface area contributed by atoms with Crippen LogP contribution in [0.4, 0.5) is 0 Å². The molecule has 2 aromatic rings. The molecule has 17 atom stereocenters. The zero-order chi connectivity index (χ0) is 84.7. The Balaban J connectivity index is 0.000000625. The average molecular weight is 1850 g/mol. The lowest BCUT2D eigenvalue weighted by Gasteiger charge is -2.21. The van der Waals surface area contributed by atoms with Gasteiger partial charge in [0.15, 0.2) is 0 Å². The highest BCUT2D eigenvalue weighted by Crippen LogP contribution is 2.76. The second-order valence-corrected chi connectivity index (χ2v) is 42.8. The summed E-state index contributed by atoms with van der Waals surface area (Å²) in [6.07, 6.45) is 9.08. The van der Waals surface area contributed by atoms with E-state index < -0.39 is 173 Å². The van der Waals surface area contributed by atoms with E-state index in [4.69, 9.17) is 40.1 Å². The summed E-state index contributed by atoms with van der Waals surface area (Å²) in [5.41, 5.74) is 13.7. The Morgan fingerprint density at radius 3 is 0.982 bits per heavy atom. The lowest BCUT2D eigenvalue weighted by molar-refractivity contribution is -0.0450. The Hall–Kier alpha value is -2.42. The van der Waals surface area contributed by atoms with E-state index in [-0.39, 0.29) is 37.0 Å². The normalized spacial score (nSPS) is 23.3. The molecular formula is C44H88N10O45P12. The molecular weight excluding hydrogens is 1760 g/mol. The molecule has 0 aromatic carbocycles. The number of aryl methyl sites for hydroxylation is 2. The first-order valence-electron chi connectivity index (χ1n) is 32.0. The summed E-state index contributed by atoms with van der Waals surface area (Å²) in [5, 5.41) is 27.2. The molecule has 2 aromatic heterocycles. The Kier molecular flexibility index (Phi) is 44.7. The first-order valence-corrected chi connectivity index (χ1v) is 51.0. The lowest BCUT2D eigenvalue weighted by Crippen LogP contribution is -2.33. The highest BCUT2D eigenvalue weighted by atomic mass is 31.3. The van der Waals surface area contributed by atoms with Crippen LogP contribution < -0.4 is 22.5 Å². The van der Waals surface area contributed by atoms with Gasteiger partial charge in [-0.05, 0) is 50.6 Å². The molecule has 111 heavy (non-hydrogen) atoms. The molecule has 55 nitrogen and oxygen atoms in total. The number of aliphatic hydroxyl groups excluding tert-OH is 2. The highest BCUT2D eigenvalue weighted by Gasteiger charge is 2.51. The smallest absolute Gasteiger partial charge is 0.390 e. The number of phosphoric acid groups is 10. The van der Waals surface area contributed by atoms with Crippen LogP contribution in [0, 0.1) is 13.8 Å². The molecule has 2 saturated heterocycles. The SMILES string of the molecule is Cc1cn([C@H]2C[C@@H](O)[C@@H](COP(=O)(O)OP(=O)(O)OP(=O)(O)OP(=O)(O)OP(=O)(O)OP(=O)(O)OCCCCCCCCCCCN=[N+]=[N-])O2)c(=O)[nH]c1=O.Cc1cn([C@H]2C[C@@H](O)[C@@H](COP(=O)(O)OP(C)(=O)OP(C)(=O)O)O2)c(=O)[nH]c1=O.[N-]=[N+]=NCCCCCCCCCCCOP(=O)(O)OP(=O)(O)OP(=O)(O)O. The number of aliphatic hydroxyl groups is 2. The number of hydrogen-bond donors (Lipinski definition) is 16. The van der Waals surface area contributed by atoms with E-state index in [1.54, 1.807) is 0 Å². The molecule has 67 heteroatoms. The third kappa shape index (κ3) is 47.1. The largest absolute Gasteiger partial charge is 0.490 e. The quantitative estimate of drug-likeness (QED) is 0.00970. The summed E-state index contributed by atoms with van der Waals surface area (Å²) >= 11 is 0. The number of phosphoric ester groups is 4. The predicted molar refractivity (Wildman–Crippen MR) is 376 cm³/mol. The molecule has 0 spiro atoms. The summed E-state index contributed by atoms with van der Waals surface area (Å²) in [6.45, 7) is 2.67. The average Bonchev–Trinajstić information content (AvgIpc) is 1.76. The van der Waals surface area contributed by atoms with Crippen molar-refractivity contribution in [3.8, 4) is 0 Å². The van der Waals surface area contributed by atoms with E-state index in [1.807, 2.05) is 4.98 Å². The van der Waals surface area contributed by atoms with Crippen molar-refractivity contribution in [3.05, 3.63) is 86.1 Å². The topological polar surface area (TPSA) is 834 Å². The van der Waals surface area contributed by atoms with Crippen LogP contribution in [0.1, 0.15) is 152 Å². The highest BCUT2D eigenvalue weighted by molar-refractivity contribution is 7.73. The summed E-state index contributed by atoms with van der Waals surface area (Å²) in [6, 6.07) is 0. The minimum atomic E-state index is -6.46. The fourth-order valence-electron chi connectivity index (χ4n) is 9.06. The van der Waals surface area contributed by atoms with Crippen LogP contribution in [0.5, 0.6) is 0 Å². The van der Waals surface area contributed by atoms with Crippen molar-refractivity contribution in [2.75, 3.05) is 52.8 Å². The summed E-state index contributed by atoms with van der Waals surface area (Å²) in [4.78, 5) is 168. The number of H-pyrrole nitrogens is 2. The van der Waals surface area contributed by atoms with Crippen LogP contribution in [0.2, 0.25) is 0 Å². The number of azide groups is 2. The van der Waals surface area contributed by atoms with Crippen LogP contribution in [0.3, 0.4) is 0 Å². The second kappa shape index (κ2) is 47.4. The Labute approximate surface area is 628 Å². The van der Waals surface area contributed by atoms with Crippen LogP contribution in [-0.4, -0.2) is 165 Å². The van der Waals surface area contributed by atoms with Crippen molar-refractivity contribution in [3.63, 3.8) is 0 Å². The minimum Gasteiger partial charge on any atom is -0.390 e. The molecule has 2 fully saturated rings. The number of aromatic amines is 2. The Morgan fingerprint density at radius 1 is 0.414 bits per heavy atom. The van der Waals surface area contributed by atoms with Gasteiger partial charge in [-0.2, -0.15) is 30.2 Å². The molecule has 4 heterocycles. The van der Waals surface area contributed by atoms with Crippen molar-refractivity contribution >= 4 is 93.4 Å². The summed E-state index contributed by atoms with van der Waals surface area (Å²) in [7, 11) is -66.2. The van der Waals surface area contributed by atoms with Gasteiger partial charge in [-0.1, -0.05) is 100 Å². The molecule has 16 N–H and O–H groups in total. The van der Waals surface area contributed by atoms with E-state index in [0.29, 0.717) is 52.1 Å². The van der Waals surface area contributed by atoms with Crippen LogP contribution in [0.25, 0.3) is 20.9 Å². The molecule has 0 radical (unpaired) electrons. The van der Waals surface area contributed by atoms with Gasteiger partial charge in [-0.25, -0.2) is 63.9 Å². The fourth-order valence-corrected chi connectivity index (χ4v) is 24.6. The summed E-state index contributed by atoms with van der Waals surface area (Å²) < 4.78 is 206. The van der Waals surface area contributed by atoms with Crippen molar-refractivity contribution in [1.82, 2.24) is 19.1 Å². The Morgan fingerprint density at radius 2 is 0.685 bits per heavy atom. The van der Waals surface area contributed by atoms with E-state index in [9.17, 15) is 123 Å². The van der Waals surface area contributed by atoms with Crippen molar-refractivity contribution in [2.24, 2.45) is 10.2 Å². The first kappa shape index (κ1) is 105. The molecule has 2 aliphatic heterocycles. The minimum absolute atomic E-state index is 0.0884. The third-order valence-corrected chi connectivity index (χ3v) is 31.5. The monoisotopic (exact) mass is 1850 g/mol. The first-order chi connectivity index (χ1) is 50.8. The number of hydrogen-bond acceptors (Lipinski definition) is 35. The fraction of sp³-hybridized carbons (Fsp3) is 0.818. The zero-order valence-corrected chi connectivity index (χ0v) is 69.6. The van der Waals surface area contributed by atoms with Gasteiger partial charge in [0.25, 0.3) is 11.1 Å².